The first-order chi connectivity index (χ1) is 8.99. The minimum absolute atomic E-state index is 0.0608. The topological polar surface area (TPSA) is 58.0 Å². The molecule has 0 saturated heterocycles. The van der Waals surface area contributed by atoms with E-state index in [9.17, 15) is 0 Å². The van der Waals surface area contributed by atoms with Crippen LogP contribution in [0.15, 0.2) is 23.3 Å². The van der Waals surface area contributed by atoms with Gasteiger partial charge in [0.2, 0.25) is 0 Å². The van der Waals surface area contributed by atoms with Gasteiger partial charge in [-0.3, -0.25) is 0 Å². The van der Waals surface area contributed by atoms with Gasteiger partial charge < -0.3 is 4.74 Å². The molecule has 0 heterocycles. The molecule has 19 heavy (non-hydrogen) atoms. The predicted molar refractivity (Wildman–Crippen MR) is 78.6 cm³/mol. The Labute approximate surface area is 115 Å². The van der Waals surface area contributed by atoms with Crippen molar-refractivity contribution < 1.29 is 4.74 Å². The molecule has 0 bridgehead atoms. The van der Waals surface area contributed by atoms with E-state index in [1.54, 1.807) is 0 Å². The highest BCUT2D eigenvalue weighted by Gasteiger charge is 2.19. The largest absolute Gasteiger partial charge is 0.493 e. The highest BCUT2D eigenvalue weighted by Crippen LogP contribution is 2.32. The third kappa shape index (κ3) is 4.84. The van der Waals surface area contributed by atoms with Crippen LogP contribution in [0.1, 0.15) is 45.2 Å². The van der Waals surface area contributed by atoms with E-state index >= 15 is 0 Å². The molecule has 1 aromatic rings. The zero-order valence-electron chi connectivity index (χ0n) is 12.3. The minimum atomic E-state index is 0.0608. The van der Waals surface area contributed by atoms with E-state index in [1.165, 1.54) is 11.1 Å². The Morgan fingerprint density at radius 1 is 1.32 bits per heavy atom. The third-order valence-corrected chi connectivity index (χ3v) is 2.98. The Bertz CT molecular complexity index is 457. The summed E-state index contributed by atoms with van der Waals surface area (Å²) in [6, 6.07) is 6.38. The van der Waals surface area contributed by atoms with E-state index in [-0.39, 0.29) is 5.41 Å². The third-order valence-electron chi connectivity index (χ3n) is 2.98. The van der Waals surface area contributed by atoms with Gasteiger partial charge in [-0.1, -0.05) is 44.9 Å². The summed E-state index contributed by atoms with van der Waals surface area (Å²) in [5, 5.41) is 3.50. The molecule has 1 rings (SSSR count). The molecule has 0 aliphatic heterocycles. The summed E-state index contributed by atoms with van der Waals surface area (Å²) in [7, 11) is 0. The maximum Gasteiger partial charge on any atom is 0.123 e. The molecular weight excluding hydrogens is 238 g/mol. The zero-order chi connectivity index (χ0) is 14.3. The van der Waals surface area contributed by atoms with Crippen LogP contribution in [0.2, 0.25) is 0 Å². The fraction of sp³-hybridized carbons (Fsp3) is 0.600. The molecule has 0 aliphatic carbocycles. The normalized spacial score (nSPS) is 10.9. The zero-order valence-corrected chi connectivity index (χ0v) is 12.3. The van der Waals surface area contributed by atoms with Crippen LogP contribution in [0.4, 0.5) is 0 Å². The van der Waals surface area contributed by atoms with Crippen molar-refractivity contribution >= 4 is 0 Å². The molecule has 104 valence electrons. The maximum atomic E-state index is 8.21. The van der Waals surface area contributed by atoms with Crippen LogP contribution in [-0.4, -0.2) is 13.2 Å². The molecule has 0 spiro atoms. The summed E-state index contributed by atoms with van der Waals surface area (Å²) in [6.45, 7) is 9.78. The number of aryl methyl sites for hydroxylation is 1. The standard InChI is InChI=1S/C15H23N3O/c1-5-12-7-8-14(13(11-12)15(2,3)4)19-10-6-9-17-18-16/h7-8,11H,5-6,9-10H2,1-4H3. The highest BCUT2D eigenvalue weighted by molar-refractivity contribution is 5.41. The van der Waals surface area contributed by atoms with Gasteiger partial charge in [0.05, 0.1) is 6.61 Å². The lowest BCUT2D eigenvalue weighted by molar-refractivity contribution is 0.305. The number of azide groups is 1. The molecule has 0 amide bonds. The lowest BCUT2D eigenvalue weighted by Crippen LogP contribution is -2.14. The van der Waals surface area contributed by atoms with Gasteiger partial charge in [0, 0.05) is 11.5 Å². The van der Waals surface area contributed by atoms with Crippen LogP contribution in [-0.2, 0) is 11.8 Å². The molecule has 0 atom stereocenters. The lowest BCUT2D eigenvalue weighted by atomic mass is 9.85. The Balaban J connectivity index is 2.79. The first-order valence-electron chi connectivity index (χ1n) is 6.76. The second-order valence-electron chi connectivity index (χ2n) is 5.59. The van der Waals surface area contributed by atoms with E-state index < -0.39 is 0 Å². The molecule has 1 aromatic carbocycles. The van der Waals surface area contributed by atoms with Crippen molar-refractivity contribution in [3.05, 3.63) is 39.8 Å². The van der Waals surface area contributed by atoms with Gasteiger partial charge in [0.1, 0.15) is 5.75 Å². The smallest absolute Gasteiger partial charge is 0.123 e. The molecule has 0 aliphatic rings. The summed E-state index contributed by atoms with van der Waals surface area (Å²) >= 11 is 0. The molecule has 0 aromatic heterocycles. The minimum Gasteiger partial charge on any atom is -0.493 e. The van der Waals surface area contributed by atoms with Crippen molar-refractivity contribution in [2.24, 2.45) is 5.11 Å². The molecule has 0 saturated carbocycles. The van der Waals surface area contributed by atoms with Gasteiger partial charge in [0.25, 0.3) is 0 Å². The number of ether oxygens (including phenoxy) is 1. The lowest BCUT2D eigenvalue weighted by Gasteiger charge is -2.23. The number of rotatable bonds is 6. The van der Waals surface area contributed by atoms with Gasteiger partial charge in [-0.05, 0) is 41.0 Å². The summed E-state index contributed by atoms with van der Waals surface area (Å²) in [4.78, 5) is 2.73. The van der Waals surface area contributed by atoms with Gasteiger partial charge in [0.15, 0.2) is 0 Å². The summed E-state index contributed by atoms with van der Waals surface area (Å²) in [6.07, 6.45) is 1.77. The van der Waals surface area contributed by atoms with Crippen LogP contribution in [0.25, 0.3) is 10.4 Å². The summed E-state index contributed by atoms with van der Waals surface area (Å²) in [5.74, 6) is 0.936. The Hall–Kier alpha value is -1.67. The van der Waals surface area contributed by atoms with E-state index in [1.807, 2.05) is 6.07 Å². The van der Waals surface area contributed by atoms with Gasteiger partial charge in [-0.25, -0.2) is 0 Å². The molecule has 0 N–H and O–H groups in total. The average molecular weight is 261 g/mol. The molecule has 0 radical (unpaired) electrons. The van der Waals surface area contributed by atoms with Crippen molar-refractivity contribution in [3.63, 3.8) is 0 Å². The quantitative estimate of drug-likeness (QED) is 0.319. The van der Waals surface area contributed by atoms with E-state index in [4.69, 9.17) is 10.3 Å². The maximum absolute atomic E-state index is 8.21. The molecule has 0 unspecified atom stereocenters. The Morgan fingerprint density at radius 2 is 2.05 bits per heavy atom. The first-order valence-corrected chi connectivity index (χ1v) is 6.76. The van der Waals surface area contributed by atoms with Crippen molar-refractivity contribution in [2.45, 2.75) is 46.0 Å². The SMILES string of the molecule is CCc1ccc(OCCCN=[N+]=[N-])c(C(C)(C)C)c1. The van der Waals surface area contributed by atoms with Gasteiger partial charge >= 0.3 is 0 Å². The van der Waals surface area contributed by atoms with Crippen molar-refractivity contribution in [2.75, 3.05) is 13.2 Å². The van der Waals surface area contributed by atoms with Crippen LogP contribution in [0.3, 0.4) is 0 Å². The molecule has 4 heteroatoms. The van der Waals surface area contributed by atoms with Crippen molar-refractivity contribution in [3.8, 4) is 5.75 Å². The number of hydrogen-bond donors (Lipinski definition) is 0. The van der Waals surface area contributed by atoms with Gasteiger partial charge in [-0.15, -0.1) is 0 Å². The van der Waals surface area contributed by atoms with Crippen molar-refractivity contribution in [1.82, 2.24) is 0 Å². The second kappa shape index (κ2) is 7.05. The molecule has 0 fully saturated rings. The Morgan fingerprint density at radius 3 is 2.63 bits per heavy atom. The van der Waals surface area contributed by atoms with E-state index in [2.05, 4.69) is 49.9 Å². The van der Waals surface area contributed by atoms with Crippen LogP contribution in [0, 0.1) is 0 Å². The fourth-order valence-corrected chi connectivity index (χ4v) is 1.87. The predicted octanol–water partition coefficient (Wildman–Crippen LogP) is 4.63. The number of hydrogen-bond acceptors (Lipinski definition) is 2. The number of nitrogens with zero attached hydrogens (tertiary/aromatic N) is 3. The molecular formula is C15H23N3O. The summed E-state index contributed by atoms with van der Waals surface area (Å²) < 4.78 is 5.83. The average Bonchev–Trinajstić information content (AvgIpc) is 2.37. The fourth-order valence-electron chi connectivity index (χ4n) is 1.87. The Kier molecular flexibility index (Phi) is 5.71. The molecule has 4 nitrogen and oxygen atoms in total. The highest BCUT2D eigenvalue weighted by atomic mass is 16.5. The van der Waals surface area contributed by atoms with Crippen LogP contribution in [0.5, 0.6) is 5.75 Å². The van der Waals surface area contributed by atoms with E-state index in [0.717, 1.165) is 18.6 Å². The van der Waals surface area contributed by atoms with Crippen LogP contribution >= 0.6 is 0 Å². The van der Waals surface area contributed by atoms with Gasteiger partial charge in [-0.2, -0.15) is 0 Å². The number of benzene rings is 1. The monoisotopic (exact) mass is 261 g/mol. The van der Waals surface area contributed by atoms with Crippen LogP contribution < -0.4 is 4.74 Å². The first kappa shape index (κ1) is 15.4. The summed E-state index contributed by atoms with van der Waals surface area (Å²) in [5.41, 5.74) is 10.8. The van der Waals surface area contributed by atoms with E-state index in [0.29, 0.717) is 13.2 Å². The van der Waals surface area contributed by atoms with Crippen molar-refractivity contribution in [1.29, 1.82) is 0 Å². The second-order valence-corrected chi connectivity index (χ2v) is 5.59.